The van der Waals surface area contributed by atoms with Crippen molar-refractivity contribution in [3.63, 3.8) is 0 Å². The van der Waals surface area contributed by atoms with E-state index in [1.165, 1.54) is 11.3 Å². The SMILES string of the molecule is CC(C)C1CN(c2ccsc2)C(c2ccccc2)CN1. The fraction of sp³-hybridized carbons (Fsp3) is 0.412. The number of nitrogens with one attached hydrogen (secondary N) is 1. The van der Waals surface area contributed by atoms with Gasteiger partial charge in [0.2, 0.25) is 0 Å². The predicted molar refractivity (Wildman–Crippen MR) is 87.5 cm³/mol. The second kappa shape index (κ2) is 5.98. The summed E-state index contributed by atoms with van der Waals surface area (Å²) in [6.07, 6.45) is 0. The molecule has 1 fully saturated rings. The number of rotatable bonds is 3. The highest BCUT2D eigenvalue weighted by Crippen LogP contribution is 2.31. The Kier molecular flexibility index (Phi) is 4.08. The Morgan fingerprint density at radius 3 is 2.65 bits per heavy atom. The summed E-state index contributed by atoms with van der Waals surface area (Å²) in [6.45, 7) is 6.69. The maximum atomic E-state index is 3.72. The van der Waals surface area contributed by atoms with Crippen LogP contribution >= 0.6 is 11.3 Å². The van der Waals surface area contributed by atoms with E-state index >= 15 is 0 Å². The molecule has 0 spiro atoms. The zero-order valence-corrected chi connectivity index (χ0v) is 12.9. The fourth-order valence-corrected chi connectivity index (χ4v) is 3.55. The Labute approximate surface area is 125 Å². The molecule has 2 unspecified atom stereocenters. The summed E-state index contributed by atoms with van der Waals surface area (Å²) in [5.41, 5.74) is 2.75. The Balaban J connectivity index is 1.89. The molecule has 106 valence electrons. The number of hydrogen-bond donors (Lipinski definition) is 1. The molecule has 0 bridgehead atoms. The van der Waals surface area contributed by atoms with Gasteiger partial charge in [-0.15, -0.1) is 0 Å². The molecular formula is C17H22N2S. The minimum absolute atomic E-state index is 0.431. The minimum atomic E-state index is 0.431. The summed E-state index contributed by atoms with van der Waals surface area (Å²) in [6, 6.07) is 14.1. The van der Waals surface area contributed by atoms with Crippen LogP contribution in [0, 0.1) is 5.92 Å². The van der Waals surface area contributed by atoms with Crippen molar-refractivity contribution in [2.24, 2.45) is 5.92 Å². The Morgan fingerprint density at radius 1 is 1.20 bits per heavy atom. The van der Waals surface area contributed by atoms with Crippen LogP contribution in [0.4, 0.5) is 5.69 Å². The minimum Gasteiger partial charge on any atom is -0.361 e. The van der Waals surface area contributed by atoms with Gasteiger partial charge in [0.05, 0.1) is 6.04 Å². The average Bonchev–Trinajstić information content (AvgIpc) is 3.01. The lowest BCUT2D eigenvalue weighted by Crippen LogP contribution is -2.54. The van der Waals surface area contributed by atoms with Crippen LogP contribution in [-0.2, 0) is 0 Å². The van der Waals surface area contributed by atoms with E-state index in [2.05, 4.69) is 71.2 Å². The monoisotopic (exact) mass is 286 g/mol. The molecule has 0 saturated carbocycles. The van der Waals surface area contributed by atoms with Gasteiger partial charge in [-0.25, -0.2) is 0 Å². The van der Waals surface area contributed by atoms with E-state index in [1.54, 1.807) is 11.3 Å². The lowest BCUT2D eigenvalue weighted by Gasteiger charge is -2.43. The summed E-state index contributed by atoms with van der Waals surface area (Å²) in [7, 11) is 0. The quantitative estimate of drug-likeness (QED) is 0.920. The van der Waals surface area contributed by atoms with Crippen molar-refractivity contribution in [2.45, 2.75) is 25.9 Å². The molecule has 2 aromatic rings. The molecule has 1 aliphatic rings. The van der Waals surface area contributed by atoms with Gasteiger partial charge in [-0.2, -0.15) is 11.3 Å². The van der Waals surface area contributed by atoms with E-state index in [4.69, 9.17) is 0 Å². The molecule has 1 N–H and O–H groups in total. The number of anilines is 1. The molecule has 1 saturated heterocycles. The van der Waals surface area contributed by atoms with Crippen LogP contribution in [0.1, 0.15) is 25.5 Å². The van der Waals surface area contributed by atoms with E-state index in [9.17, 15) is 0 Å². The van der Waals surface area contributed by atoms with E-state index in [0.29, 0.717) is 18.0 Å². The molecular weight excluding hydrogens is 264 g/mol. The first-order chi connectivity index (χ1) is 9.75. The van der Waals surface area contributed by atoms with Crippen molar-refractivity contribution in [1.82, 2.24) is 5.32 Å². The Hall–Kier alpha value is -1.32. The molecule has 0 radical (unpaired) electrons. The van der Waals surface area contributed by atoms with Gasteiger partial charge >= 0.3 is 0 Å². The van der Waals surface area contributed by atoms with Crippen LogP contribution in [0.15, 0.2) is 47.2 Å². The third kappa shape index (κ3) is 2.74. The number of thiophene rings is 1. The summed E-state index contributed by atoms with van der Waals surface area (Å²) in [5, 5.41) is 8.15. The van der Waals surface area contributed by atoms with Crippen molar-refractivity contribution in [3.8, 4) is 0 Å². The number of hydrogen-bond acceptors (Lipinski definition) is 3. The first kappa shape index (κ1) is 13.7. The van der Waals surface area contributed by atoms with Crippen molar-refractivity contribution < 1.29 is 0 Å². The third-order valence-electron chi connectivity index (χ3n) is 4.17. The van der Waals surface area contributed by atoms with Crippen LogP contribution < -0.4 is 10.2 Å². The Morgan fingerprint density at radius 2 is 2.00 bits per heavy atom. The Bertz CT molecular complexity index is 521. The van der Waals surface area contributed by atoms with Crippen LogP contribution in [0.5, 0.6) is 0 Å². The molecule has 2 atom stereocenters. The van der Waals surface area contributed by atoms with Gasteiger partial charge in [0.15, 0.2) is 0 Å². The maximum absolute atomic E-state index is 3.72. The smallest absolute Gasteiger partial charge is 0.0668 e. The first-order valence-corrected chi connectivity index (χ1v) is 8.27. The molecule has 1 aromatic carbocycles. The summed E-state index contributed by atoms with van der Waals surface area (Å²) in [4.78, 5) is 2.56. The van der Waals surface area contributed by atoms with Crippen molar-refractivity contribution >= 4 is 17.0 Å². The average molecular weight is 286 g/mol. The molecule has 0 amide bonds. The zero-order valence-electron chi connectivity index (χ0n) is 12.1. The van der Waals surface area contributed by atoms with Gasteiger partial charge in [0, 0.05) is 30.2 Å². The van der Waals surface area contributed by atoms with Gasteiger partial charge in [-0.3, -0.25) is 0 Å². The van der Waals surface area contributed by atoms with Crippen molar-refractivity contribution in [1.29, 1.82) is 0 Å². The zero-order chi connectivity index (χ0) is 13.9. The second-order valence-electron chi connectivity index (χ2n) is 5.82. The molecule has 3 rings (SSSR count). The number of nitrogens with zero attached hydrogens (tertiary/aromatic N) is 1. The van der Waals surface area contributed by atoms with Crippen LogP contribution in [0.25, 0.3) is 0 Å². The van der Waals surface area contributed by atoms with Crippen LogP contribution in [0.3, 0.4) is 0 Å². The highest BCUT2D eigenvalue weighted by atomic mass is 32.1. The lowest BCUT2D eigenvalue weighted by molar-refractivity contribution is 0.331. The summed E-state index contributed by atoms with van der Waals surface area (Å²) < 4.78 is 0. The molecule has 20 heavy (non-hydrogen) atoms. The predicted octanol–water partition coefficient (Wildman–Crippen LogP) is 3.92. The first-order valence-electron chi connectivity index (χ1n) is 7.33. The van der Waals surface area contributed by atoms with Gasteiger partial charge in [0.25, 0.3) is 0 Å². The van der Waals surface area contributed by atoms with Gasteiger partial charge < -0.3 is 10.2 Å². The van der Waals surface area contributed by atoms with Crippen LogP contribution in [0.2, 0.25) is 0 Å². The number of benzene rings is 1. The van der Waals surface area contributed by atoms with Crippen molar-refractivity contribution in [3.05, 3.63) is 52.7 Å². The van der Waals surface area contributed by atoms with Crippen molar-refractivity contribution in [2.75, 3.05) is 18.0 Å². The topological polar surface area (TPSA) is 15.3 Å². The van der Waals surface area contributed by atoms with Crippen LogP contribution in [-0.4, -0.2) is 19.1 Å². The highest BCUT2D eigenvalue weighted by molar-refractivity contribution is 7.08. The van der Waals surface area contributed by atoms with Gasteiger partial charge in [-0.1, -0.05) is 44.2 Å². The second-order valence-corrected chi connectivity index (χ2v) is 6.60. The molecule has 3 heteroatoms. The molecule has 2 heterocycles. The van der Waals surface area contributed by atoms with E-state index < -0.39 is 0 Å². The fourth-order valence-electron chi connectivity index (χ4n) is 2.90. The van der Waals surface area contributed by atoms with Gasteiger partial charge in [0.1, 0.15) is 0 Å². The molecule has 0 aliphatic carbocycles. The van der Waals surface area contributed by atoms with E-state index in [1.807, 2.05) is 0 Å². The van der Waals surface area contributed by atoms with Gasteiger partial charge in [-0.05, 0) is 22.9 Å². The summed E-state index contributed by atoms with van der Waals surface area (Å²) in [5.74, 6) is 0.660. The lowest BCUT2D eigenvalue weighted by atomic mass is 9.95. The maximum Gasteiger partial charge on any atom is 0.0668 e. The standard InChI is InChI=1S/C17H22N2S/c1-13(2)16-11-19(15-8-9-20-12-15)17(10-18-16)14-6-4-3-5-7-14/h3-9,12-13,16-18H,10-11H2,1-2H3. The normalized spacial score (nSPS) is 23.2. The third-order valence-corrected chi connectivity index (χ3v) is 4.84. The number of piperazine rings is 1. The molecule has 2 nitrogen and oxygen atoms in total. The van der Waals surface area contributed by atoms with E-state index in [0.717, 1.165) is 13.1 Å². The van der Waals surface area contributed by atoms with E-state index in [-0.39, 0.29) is 0 Å². The molecule has 1 aliphatic heterocycles. The largest absolute Gasteiger partial charge is 0.361 e. The summed E-state index contributed by atoms with van der Waals surface area (Å²) >= 11 is 1.78. The molecule has 1 aromatic heterocycles. The highest BCUT2D eigenvalue weighted by Gasteiger charge is 2.30.